The second kappa shape index (κ2) is 6.58. The largest absolute Gasteiger partial charge is 0.313 e. The van der Waals surface area contributed by atoms with Crippen LogP contribution in [0, 0.1) is 0 Å². The van der Waals surface area contributed by atoms with Gasteiger partial charge < -0.3 is 5.32 Å². The van der Waals surface area contributed by atoms with Crippen molar-refractivity contribution in [3.63, 3.8) is 0 Å². The Morgan fingerprint density at radius 3 is 2.71 bits per heavy atom. The third kappa shape index (κ3) is 3.99. The van der Waals surface area contributed by atoms with Gasteiger partial charge in [-0.25, -0.2) is 0 Å². The summed E-state index contributed by atoms with van der Waals surface area (Å²) in [7, 11) is 0. The molecule has 0 amide bonds. The summed E-state index contributed by atoms with van der Waals surface area (Å²) in [6, 6.07) is 13.0. The van der Waals surface area contributed by atoms with Gasteiger partial charge in [0, 0.05) is 17.8 Å². The lowest BCUT2D eigenvalue weighted by Crippen LogP contribution is -2.12. The molecule has 0 unspecified atom stereocenters. The molecule has 0 aliphatic carbocycles. The van der Waals surface area contributed by atoms with Crippen LogP contribution in [0.4, 0.5) is 0 Å². The Bertz CT molecular complexity index is 433. The number of nitrogens with one attached hydrogen (secondary N) is 1. The summed E-state index contributed by atoms with van der Waals surface area (Å²) >= 11 is 1.86. The highest BCUT2D eigenvalue weighted by atomic mass is 32.1. The second-order valence-corrected chi connectivity index (χ2v) is 5.26. The fourth-order valence-electron chi connectivity index (χ4n) is 1.82. The fourth-order valence-corrected chi connectivity index (χ4v) is 2.74. The molecule has 0 radical (unpaired) electrons. The van der Waals surface area contributed by atoms with Crippen LogP contribution in [0.3, 0.4) is 0 Å². The summed E-state index contributed by atoms with van der Waals surface area (Å²) in [6.07, 6.45) is 2.25. The molecule has 0 aliphatic heterocycles. The minimum atomic E-state index is 0.999. The van der Waals surface area contributed by atoms with Crippen LogP contribution in [0.2, 0.25) is 0 Å². The average molecular weight is 245 g/mol. The zero-order valence-corrected chi connectivity index (χ0v) is 11.1. The lowest BCUT2D eigenvalue weighted by molar-refractivity contribution is 0.676. The highest BCUT2D eigenvalue weighted by Gasteiger charge is 2.00. The normalized spacial score (nSPS) is 10.6. The predicted molar refractivity (Wildman–Crippen MR) is 75.6 cm³/mol. The molecule has 0 spiro atoms. The van der Waals surface area contributed by atoms with E-state index in [0.717, 1.165) is 19.5 Å². The lowest BCUT2D eigenvalue weighted by atomic mass is 10.1. The maximum atomic E-state index is 3.44. The Morgan fingerprint density at radius 2 is 1.94 bits per heavy atom. The van der Waals surface area contributed by atoms with Crippen LogP contribution in [0.25, 0.3) is 0 Å². The van der Waals surface area contributed by atoms with Gasteiger partial charge in [-0.1, -0.05) is 37.3 Å². The topological polar surface area (TPSA) is 12.0 Å². The van der Waals surface area contributed by atoms with Crippen molar-refractivity contribution >= 4 is 11.3 Å². The highest BCUT2D eigenvalue weighted by Crippen LogP contribution is 2.18. The van der Waals surface area contributed by atoms with Crippen molar-refractivity contribution in [1.29, 1.82) is 0 Å². The van der Waals surface area contributed by atoms with Crippen LogP contribution < -0.4 is 5.32 Å². The van der Waals surface area contributed by atoms with Crippen molar-refractivity contribution in [2.45, 2.75) is 26.3 Å². The zero-order chi connectivity index (χ0) is 11.9. The van der Waals surface area contributed by atoms with Crippen molar-refractivity contribution in [1.82, 2.24) is 5.32 Å². The van der Waals surface area contributed by atoms with Crippen LogP contribution in [0.5, 0.6) is 0 Å². The van der Waals surface area contributed by atoms with Gasteiger partial charge in [-0.15, -0.1) is 11.3 Å². The molecule has 2 heteroatoms. The van der Waals surface area contributed by atoms with E-state index >= 15 is 0 Å². The van der Waals surface area contributed by atoms with Gasteiger partial charge in [0.05, 0.1) is 0 Å². The van der Waals surface area contributed by atoms with E-state index in [0.29, 0.717) is 0 Å². The van der Waals surface area contributed by atoms with Gasteiger partial charge in [0.15, 0.2) is 0 Å². The molecule has 1 heterocycles. The second-order valence-electron chi connectivity index (χ2n) is 4.26. The van der Waals surface area contributed by atoms with E-state index in [-0.39, 0.29) is 0 Å². The van der Waals surface area contributed by atoms with E-state index in [1.165, 1.54) is 22.4 Å². The van der Waals surface area contributed by atoms with E-state index in [4.69, 9.17) is 0 Å². The molecular weight excluding hydrogens is 226 g/mol. The first kappa shape index (κ1) is 12.3. The summed E-state index contributed by atoms with van der Waals surface area (Å²) < 4.78 is 0. The lowest BCUT2D eigenvalue weighted by Gasteiger charge is -1.99. The van der Waals surface area contributed by atoms with Crippen LogP contribution in [0.1, 0.15) is 29.3 Å². The number of thiophene rings is 1. The summed E-state index contributed by atoms with van der Waals surface area (Å²) in [5, 5.41) is 5.70. The first-order valence-electron chi connectivity index (χ1n) is 6.19. The Balaban J connectivity index is 1.90. The highest BCUT2D eigenvalue weighted by molar-refractivity contribution is 7.10. The van der Waals surface area contributed by atoms with Crippen LogP contribution in [-0.2, 0) is 13.0 Å². The summed E-state index contributed by atoms with van der Waals surface area (Å²) in [4.78, 5) is 1.45. The molecule has 1 aromatic carbocycles. The quantitative estimate of drug-likeness (QED) is 0.762. The van der Waals surface area contributed by atoms with Gasteiger partial charge in [0.25, 0.3) is 0 Å². The molecule has 0 atom stereocenters. The Hall–Kier alpha value is -1.12. The van der Waals surface area contributed by atoms with Gasteiger partial charge in [0.1, 0.15) is 0 Å². The smallest absolute Gasteiger partial charge is 0.0213 e. The first-order chi connectivity index (χ1) is 8.38. The van der Waals surface area contributed by atoms with Crippen molar-refractivity contribution in [2.75, 3.05) is 6.54 Å². The van der Waals surface area contributed by atoms with Gasteiger partial charge in [-0.05, 0) is 35.5 Å². The number of rotatable bonds is 6. The summed E-state index contributed by atoms with van der Waals surface area (Å²) in [5.74, 6) is 0. The number of hydrogen-bond acceptors (Lipinski definition) is 2. The minimum Gasteiger partial charge on any atom is -0.313 e. The monoisotopic (exact) mass is 245 g/mol. The minimum absolute atomic E-state index is 0.999. The maximum Gasteiger partial charge on any atom is 0.0213 e. The third-order valence-electron chi connectivity index (χ3n) is 2.69. The summed E-state index contributed by atoms with van der Waals surface area (Å²) in [6.45, 7) is 4.30. The van der Waals surface area contributed by atoms with Crippen LogP contribution >= 0.6 is 11.3 Å². The van der Waals surface area contributed by atoms with Gasteiger partial charge in [-0.2, -0.15) is 0 Å². The third-order valence-corrected chi connectivity index (χ3v) is 3.67. The van der Waals surface area contributed by atoms with E-state index in [2.05, 4.69) is 54.0 Å². The van der Waals surface area contributed by atoms with Crippen LogP contribution in [0.15, 0.2) is 41.8 Å². The molecule has 1 aromatic heterocycles. The zero-order valence-electron chi connectivity index (χ0n) is 10.3. The van der Waals surface area contributed by atoms with E-state index in [1.807, 2.05) is 11.3 Å². The molecule has 2 aromatic rings. The number of hydrogen-bond donors (Lipinski definition) is 1. The SMILES string of the molecule is CCCNCc1csc(Cc2ccccc2)c1. The van der Waals surface area contributed by atoms with E-state index < -0.39 is 0 Å². The Labute approximate surface area is 108 Å². The van der Waals surface area contributed by atoms with Gasteiger partial charge in [-0.3, -0.25) is 0 Å². The molecule has 0 fully saturated rings. The van der Waals surface area contributed by atoms with E-state index in [1.54, 1.807) is 0 Å². The van der Waals surface area contributed by atoms with Crippen molar-refractivity contribution < 1.29 is 0 Å². The van der Waals surface area contributed by atoms with Crippen molar-refractivity contribution in [3.8, 4) is 0 Å². The molecule has 1 nitrogen and oxygen atoms in total. The summed E-state index contributed by atoms with van der Waals surface area (Å²) in [5.41, 5.74) is 2.80. The first-order valence-corrected chi connectivity index (χ1v) is 7.07. The maximum absolute atomic E-state index is 3.44. The molecule has 0 bridgehead atoms. The standard InChI is InChI=1S/C15H19NS/c1-2-8-16-11-14-10-15(17-12-14)9-13-6-4-3-5-7-13/h3-7,10,12,16H,2,8-9,11H2,1H3. The van der Waals surface area contributed by atoms with Gasteiger partial charge >= 0.3 is 0 Å². The molecule has 0 aliphatic rings. The van der Waals surface area contributed by atoms with Crippen molar-refractivity contribution in [3.05, 3.63) is 57.8 Å². The molecule has 90 valence electrons. The molecular formula is C15H19NS. The fraction of sp³-hybridized carbons (Fsp3) is 0.333. The molecule has 2 rings (SSSR count). The molecule has 17 heavy (non-hydrogen) atoms. The predicted octanol–water partition coefficient (Wildman–Crippen LogP) is 3.84. The Kier molecular flexibility index (Phi) is 4.77. The van der Waals surface area contributed by atoms with Crippen molar-refractivity contribution in [2.24, 2.45) is 0 Å². The Morgan fingerprint density at radius 1 is 1.12 bits per heavy atom. The molecule has 0 saturated carbocycles. The average Bonchev–Trinajstić information content (AvgIpc) is 2.79. The van der Waals surface area contributed by atoms with E-state index in [9.17, 15) is 0 Å². The molecule has 1 N–H and O–H groups in total. The molecule has 0 saturated heterocycles. The van der Waals surface area contributed by atoms with Crippen LogP contribution in [-0.4, -0.2) is 6.54 Å². The number of benzene rings is 1. The van der Waals surface area contributed by atoms with Gasteiger partial charge in [0.2, 0.25) is 0 Å².